The van der Waals surface area contributed by atoms with Gasteiger partial charge in [-0.15, -0.1) is 92.3 Å². The zero-order valence-electron chi connectivity index (χ0n) is 18.2. The van der Waals surface area contributed by atoms with Crippen LogP contribution in [0.5, 0.6) is 0 Å². The molecule has 0 unspecified atom stereocenters. The molecule has 0 bridgehead atoms. The van der Waals surface area contributed by atoms with Crippen molar-refractivity contribution in [1.29, 1.82) is 0 Å². The van der Waals surface area contributed by atoms with E-state index in [9.17, 15) is 0 Å². The van der Waals surface area contributed by atoms with Gasteiger partial charge in [-0.3, -0.25) is 0 Å². The van der Waals surface area contributed by atoms with Gasteiger partial charge < -0.3 is 14.9 Å². The van der Waals surface area contributed by atoms with Crippen molar-refractivity contribution in [2.45, 2.75) is 46.0 Å². The van der Waals surface area contributed by atoms with Crippen molar-refractivity contribution in [1.82, 2.24) is 0 Å². The van der Waals surface area contributed by atoms with Gasteiger partial charge in [-0.25, -0.2) is 0 Å². The van der Waals surface area contributed by atoms with Gasteiger partial charge in [-0.2, -0.15) is 0 Å². The predicted molar refractivity (Wildman–Crippen MR) is 123 cm³/mol. The number of hydrogen-bond acceptors (Lipinski definition) is 0. The molecule has 0 nitrogen and oxygen atoms in total. The zero-order chi connectivity index (χ0) is 17.6. The molecule has 0 atom stereocenters. The van der Waals surface area contributed by atoms with Crippen LogP contribution in [0.2, 0.25) is 0 Å². The molecule has 4 aromatic carbocycles. The third-order valence-corrected chi connectivity index (χ3v) is 5.77. The summed E-state index contributed by atoms with van der Waals surface area (Å²) in [4.78, 5) is 0. The summed E-state index contributed by atoms with van der Waals surface area (Å²) >= 11 is 0. The summed E-state index contributed by atoms with van der Waals surface area (Å²) < 4.78 is 0. The molecule has 0 amide bonds. The van der Waals surface area contributed by atoms with Gasteiger partial charge in [0, 0.05) is 0 Å². The maximum atomic E-state index is 2.41. The maximum Gasteiger partial charge on any atom is 4.00 e. The fraction of sp³-hybridized carbons (Fsp3) is 0.259. The fourth-order valence-electron chi connectivity index (χ4n) is 4.73. The van der Waals surface area contributed by atoms with Crippen molar-refractivity contribution in [2.24, 2.45) is 0 Å². The second kappa shape index (κ2) is 9.25. The molecular weight excluding hydrogens is 372 g/mol. The van der Waals surface area contributed by atoms with E-state index in [0.29, 0.717) is 0 Å². The topological polar surface area (TPSA) is 0 Å². The van der Waals surface area contributed by atoms with Gasteiger partial charge in [0.15, 0.2) is 0 Å². The van der Waals surface area contributed by atoms with Crippen LogP contribution in [0, 0.1) is 14.9 Å². The zero-order valence-corrected chi connectivity index (χ0v) is 19.7. The molecule has 28 heavy (non-hydrogen) atoms. The van der Waals surface area contributed by atoms with Crippen LogP contribution in [-0.4, -0.2) is 0 Å². The van der Waals surface area contributed by atoms with Crippen LogP contribution in [0.4, 0.5) is 0 Å². The second-order valence-corrected chi connectivity index (χ2v) is 7.60. The van der Waals surface area contributed by atoms with Crippen LogP contribution in [-0.2, 0) is 40.0 Å². The molecule has 0 saturated heterocycles. The number of rotatable bonds is 4. The monoisotopic (exact) mass is 404 g/mol. The van der Waals surface area contributed by atoms with Crippen molar-refractivity contribution in [3.8, 4) is 0 Å². The van der Waals surface area contributed by atoms with Crippen LogP contribution in [0.15, 0.2) is 60.7 Å². The van der Waals surface area contributed by atoms with Gasteiger partial charge >= 0.3 is 21.7 Å². The van der Waals surface area contributed by atoms with Crippen molar-refractivity contribution >= 4 is 21.5 Å². The fourth-order valence-corrected chi connectivity index (χ4v) is 4.73. The summed E-state index contributed by atoms with van der Waals surface area (Å²) in [6, 6.07) is 22.5. The third kappa shape index (κ3) is 3.65. The molecule has 0 aliphatic heterocycles. The Balaban J connectivity index is 0.00000131. The largest absolute Gasteiger partial charge is 4.00 e. The average Bonchev–Trinajstić information content (AvgIpc) is 3.20. The van der Waals surface area contributed by atoms with Crippen LogP contribution in [0.25, 0.3) is 21.5 Å². The summed E-state index contributed by atoms with van der Waals surface area (Å²) in [5.74, 6) is 0. The van der Waals surface area contributed by atoms with Crippen LogP contribution in [0.3, 0.4) is 0 Å². The maximum absolute atomic E-state index is 2.41. The first-order valence-corrected chi connectivity index (χ1v) is 9.43. The summed E-state index contributed by atoms with van der Waals surface area (Å²) in [5, 5.41) is 5.57. The Morgan fingerprint density at radius 3 is 1.39 bits per heavy atom. The van der Waals surface area contributed by atoms with E-state index in [1.54, 1.807) is 0 Å². The minimum atomic E-state index is -0.0110. The van der Waals surface area contributed by atoms with Gasteiger partial charge in [0.05, 0.1) is 0 Å². The molecule has 0 aliphatic carbocycles. The van der Waals surface area contributed by atoms with Gasteiger partial charge in [-0.1, -0.05) is 45.2 Å². The van der Waals surface area contributed by atoms with Crippen LogP contribution < -0.4 is 0 Å². The van der Waals surface area contributed by atoms with E-state index < -0.39 is 0 Å². The Morgan fingerprint density at radius 1 is 0.679 bits per heavy atom. The first-order chi connectivity index (χ1) is 12.1. The van der Waals surface area contributed by atoms with Gasteiger partial charge in [-0.05, 0) is 12.8 Å². The van der Waals surface area contributed by atoms with E-state index in [4.69, 9.17) is 0 Å². The van der Waals surface area contributed by atoms with Crippen molar-refractivity contribution < 1.29 is 21.7 Å². The Hall–Kier alpha value is -1.63. The van der Waals surface area contributed by atoms with Gasteiger partial charge in [0.2, 0.25) is 0 Å². The summed E-state index contributed by atoms with van der Waals surface area (Å²) in [5.41, 5.74) is 5.98. The Morgan fingerprint density at radius 2 is 1.04 bits per heavy atom. The molecule has 0 aromatic heterocycles. The van der Waals surface area contributed by atoms with Gasteiger partial charge in [0.25, 0.3) is 0 Å². The van der Waals surface area contributed by atoms with Crippen molar-refractivity contribution in [2.75, 3.05) is 0 Å². The standard InChI is InChI=1S/C25H26.2CH3.Ti/c1-5-17-15-19-11-7-9-13-21(19)23(17)25(3,4)24-18(6-2)16-20-12-8-10-14-22(20)24;;;/h7-16H,5-6H2,1-4H3;2*1H3;/q-2;2*-1;+4. The second-order valence-electron chi connectivity index (χ2n) is 7.60. The van der Waals surface area contributed by atoms with Crippen molar-refractivity contribution in [3.63, 3.8) is 0 Å². The quantitative estimate of drug-likeness (QED) is 0.241. The third-order valence-electron chi connectivity index (χ3n) is 5.77. The number of hydrogen-bond donors (Lipinski definition) is 0. The predicted octanol–water partition coefficient (Wildman–Crippen LogP) is 7.78. The summed E-state index contributed by atoms with van der Waals surface area (Å²) in [6.45, 7) is 9.37. The minimum absolute atomic E-state index is 0. The molecule has 0 heterocycles. The molecule has 0 fully saturated rings. The molecule has 0 aliphatic rings. The van der Waals surface area contributed by atoms with E-state index in [2.05, 4.69) is 88.4 Å². The Labute approximate surface area is 186 Å². The minimum Gasteiger partial charge on any atom is -0.358 e. The molecule has 4 aromatic rings. The van der Waals surface area contributed by atoms with E-state index >= 15 is 0 Å². The van der Waals surface area contributed by atoms with E-state index in [0.717, 1.165) is 12.8 Å². The molecule has 0 spiro atoms. The molecular formula is C27H32Ti. The average molecular weight is 404 g/mol. The first-order valence-electron chi connectivity index (χ1n) is 9.43. The molecule has 0 saturated carbocycles. The molecule has 4 rings (SSSR count). The summed E-state index contributed by atoms with van der Waals surface area (Å²) in [7, 11) is 0. The van der Waals surface area contributed by atoms with Crippen molar-refractivity contribution in [3.05, 3.63) is 97.8 Å². The Kier molecular flexibility index (Phi) is 8.06. The number of benzene rings is 2. The molecule has 1 heteroatoms. The molecule has 0 radical (unpaired) electrons. The normalized spacial score (nSPS) is 11.0. The number of fused-ring (bicyclic) bond motifs is 2. The summed E-state index contributed by atoms with van der Waals surface area (Å²) in [6.07, 6.45) is 2.15. The van der Waals surface area contributed by atoms with E-state index in [1.165, 1.54) is 43.8 Å². The molecule has 144 valence electrons. The van der Waals surface area contributed by atoms with Gasteiger partial charge in [0.1, 0.15) is 0 Å². The van der Waals surface area contributed by atoms with Crippen LogP contribution in [0.1, 0.15) is 49.9 Å². The van der Waals surface area contributed by atoms with Crippen LogP contribution >= 0.6 is 0 Å². The number of aryl methyl sites for hydroxylation is 2. The smallest absolute Gasteiger partial charge is 0.358 e. The first kappa shape index (κ1) is 24.4. The van der Waals surface area contributed by atoms with E-state index in [1.807, 2.05) is 0 Å². The molecule has 0 N–H and O–H groups in total. The Bertz CT molecular complexity index is 959. The van der Waals surface area contributed by atoms with E-state index in [-0.39, 0.29) is 42.0 Å². The SMILES string of the molecule is CCc1[cH-]c2ccccc2c1C(C)(C)c1c(CC)[cH-]c2ccccc12.[CH3-].[CH3-].[Ti+4].